The van der Waals surface area contributed by atoms with E-state index in [2.05, 4.69) is 15.9 Å². The van der Waals surface area contributed by atoms with E-state index in [1.54, 1.807) is 6.92 Å². The molecule has 0 bridgehead atoms. The number of alkyl halides is 1. The molecule has 84 valence electrons. The van der Waals surface area contributed by atoms with Gasteiger partial charge in [-0.15, -0.1) is 0 Å². The van der Waals surface area contributed by atoms with Gasteiger partial charge in [0.05, 0.1) is 0 Å². The van der Waals surface area contributed by atoms with Crippen molar-refractivity contribution in [2.24, 2.45) is 5.92 Å². The minimum absolute atomic E-state index is 0.127. The van der Waals surface area contributed by atoms with E-state index in [4.69, 9.17) is 0 Å². The summed E-state index contributed by atoms with van der Waals surface area (Å²) in [7, 11) is 0. The average molecular weight is 277 g/mol. The molecule has 0 aliphatic rings. The summed E-state index contributed by atoms with van der Waals surface area (Å²) in [6.07, 6.45) is 0.921. The third kappa shape index (κ3) is 2.77. The third-order valence-electron chi connectivity index (χ3n) is 2.72. The first kappa shape index (κ1) is 12.6. The minimum atomic E-state index is -0.348. The van der Waals surface area contributed by atoms with Crippen LogP contribution in [0.3, 0.4) is 0 Å². The molecule has 0 aromatic heterocycles. The SMILES string of the molecule is CCC(C)C(Br)c1cc(F)c(C)cc1F. The second-order valence-corrected chi connectivity index (χ2v) is 4.90. The minimum Gasteiger partial charge on any atom is -0.207 e. The molecule has 15 heavy (non-hydrogen) atoms. The van der Waals surface area contributed by atoms with Gasteiger partial charge in [-0.1, -0.05) is 36.2 Å². The van der Waals surface area contributed by atoms with Gasteiger partial charge < -0.3 is 0 Å². The van der Waals surface area contributed by atoms with E-state index < -0.39 is 0 Å². The molecule has 1 rings (SSSR count). The summed E-state index contributed by atoms with van der Waals surface area (Å²) in [5.41, 5.74) is 0.757. The van der Waals surface area contributed by atoms with Crippen LogP contribution in [0.25, 0.3) is 0 Å². The summed E-state index contributed by atoms with van der Waals surface area (Å²) in [4.78, 5) is -0.127. The van der Waals surface area contributed by atoms with Gasteiger partial charge in [0.25, 0.3) is 0 Å². The highest BCUT2D eigenvalue weighted by atomic mass is 79.9. The van der Waals surface area contributed by atoms with Gasteiger partial charge >= 0.3 is 0 Å². The second kappa shape index (κ2) is 5.06. The van der Waals surface area contributed by atoms with Gasteiger partial charge in [0, 0.05) is 10.4 Å². The predicted octanol–water partition coefficient (Wildman–Crippen LogP) is 4.76. The zero-order chi connectivity index (χ0) is 11.6. The topological polar surface area (TPSA) is 0 Å². The maximum atomic E-state index is 13.6. The van der Waals surface area contributed by atoms with E-state index in [1.807, 2.05) is 13.8 Å². The van der Waals surface area contributed by atoms with Crippen molar-refractivity contribution in [3.05, 3.63) is 34.9 Å². The standard InChI is InChI=1S/C12H15BrF2/c1-4-7(2)12(13)9-6-10(14)8(3)5-11(9)15/h5-7,12H,4H2,1-3H3. The highest BCUT2D eigenvalue weighted by Gasteiger charge is 2.19. The van der Waals surface area contributed by atoms with Crippen molar-refractivity contribution in [2.45, 2.75) is 32.0 Å². The summed E-state index contributed by atoms with van der Waals surface area (Å²) in [5, 5.41) is 0. The summed E-state index contributed by atoms with van der Waals surface area (Å²) in [6.45, 7) is 5.60. The molecule has 2 unspecified atom stereocenters. The van der Waals surface area contributed by atoms with Crippen LogP contribution in [0.4, 0.5) is 8.78 Å². The molecule has 0 saturated heterocycles. The lowest BCUT2D eigenvalue weighted by Gasteiger charge is -2.18. The first-order valence-corrected chi connectivity index (χ1v) is 5.98. The highest BCUT2D eigenvalue weighted by Crippen LogP contribution is 2.35. The monoisotopic (exact) mass is 276 g/mol. The van der Waals surface area contributed by atoms with Crippen molar-refractivity contribution in [1.82, 2.24) is 0 Å². The Morgan fingerprint density at radius 1 is 1.27 bits per heavy atom. The Hall–Kier alpha value is -0.440. The molecular weight excluding hydrogens is 262 g/mol. The molecule has 0 N–H and O–H groups in total. The maximum Gasteiger partial charge on any atom is 0.128 e. The lowest BCUT2D eigenvalue weighted by molar-refractivity contribution is 0.518. The number of benzene rings is 1. The van der Waals surface area contributed by atoms with Gasteiger partial charge in [0.2, 0.25) is 0 Å². The molecule has 0 radical (unpaired) electrons. The molecule has 0 fully saturated rings. The van der Waals surface area contributed by atoms with Gasteiger partial charge in [0.1, 0.15) is 11.6 Å². The van der Waals surface area contributed by atoms with Crippen LogP contribution in [0.15, 0.2) is 12.1 Å². The number of halogens is 3. The van der Waals surface area contributed by atoms with Gasteiger partial charge in [-0.05, 0) is 30.5 Å². The van der Waals surface area contributed by atoms with Gasteiger partial charge in [-0.2, -0.15) is 0 Å². The predicted molar refractivity (Wildman–Crippen MR) is 62.2 cm³/mol. The van der Waals surface area contributed by atoms with Crippen LogP contribution in [0.2, 0.25) is 0 Å². The Kier molecular flexibility index (Phi) is 4.26. The van der Waals surface area contributed by atoms with E-state index >= 15 is 0 Å². The maximum absolute atomic E-state index is 13.6. The van der Waals surface area contributed by atoms with Crippen LogP contribution in [-0.2, 0) is 0 Å². The Morgan fingerprint density at radius 3 is 2.40 bits per heavy atom. The Bertz CT molecular complexity index is 350. The third-order valence-corrected chi connectivity index (χ3v) is 4.11. The molecule has 2 atom stereocenters. The van der Waals surface area contributed by atoms with E-state index in [1.165, 1.54) is 12.1 Å². The number of hydrogen-bond acceptors (Lipinski definition) is 0. The molecule has 0 aliphatic carbocycles. The first-order chi connectivity index (χ1) is 6.97. The zero-order valence-electron chi connectivity index (χ0n) is 9.15. The molecule has 0 spiro atoms. The zero-order valence-corrected chi connectivity index (χ0v) is 10.7. The van der Waals surface area contributed by atoms with Crippen LogP contribution < -0.4 is 0 Å². The summed E-state index contributed by atoms with van der Waals surface area (Å²) in [5.74, 6) is -0.406. The van der Waals surface area contributed by atoms with Gasteiger partial charge in [-0.3, -0.25) is 0 Å². The van der Waals surface area contributed by atoms with E-state index in [-0.39, 0.29) is 22.4 Å². The van der Waals surface area contributed by atoms with Crippen molar-refractivity contribution in [2.75, 3.05) is 0 Å². The van der Waals surface area contributed by atoms with Gasteiger partial charge in [0.15, 0.2) is 0 Å². The molecule has 1 aromatic carbocycles. The first-order valence-electron chi connectivity index (χ1n) is 5.07. The van der Waals surface area contributed by atoms with Crippen LogP contribution in [-0.4, -0.2) is 0 Å². The van der Waals surface area contributed by atoms with Crippen molar-refractivity contribution in [3.63, 3.8) is 0 Å². The van der Waals surface area contributed by atoms with Crippen LogP contribution in [0.1, 0.15) is 36.2 Å². The lowest BCUT2D eigenvalue weighted by Crippen LogP contribution is -2.05. The molecule has 0 nitrogen and oxygen atoms in total. The Labute approximate surface area is 97.8 Å². The van der Waals surface area contributed by atoms with Crippen molar-refractivity contribution in [3.8, 4) is 0 Å². The van der Waals surface area contributed by atoms with Crippen molar-refractivity contribution < 1.29 is 8.78 Å². The van der Waals surface area contributed by atoms with Gasteiger partial charge in [-0.25, -0.2) is 8.78 Å². The fourth-order valence-electron chi connectivity index (χ4n) is 1.39. The molecule has 1 aromatic rings. The van der Waals surface area contributed by atoms with E-state index in [0.717, 1.165) is 6.42 Å². The number of rotatable bonds is 3. The smallest absolute Gasteiger partial charge is 0.128 e. The molecule has 0 saturated carbocycles. The van der Waals surface area contributed by atoms with Crippen molar-refractivity contribution >= 4 is 15.9 Å². The highest BCUT2D eigenvalue weighted by molar-refractivity contribution is 9.09. The lowest BCUT2D eigenvalue weighted by atomic mass is 9.97. The average Bonchev–Trinajstić information content (AvgIpc) is 2.21. The quantitative estimate of drug-likeness (QED) is 0.699. The second-order valence-electron chi connectivity index (χ2n) is 3.91. The Morgan fingerprint density at radius 2 is 1.87 bits per heavy atom. The largest absolute Gasteiger partial charge is 0.207 e. The van der Waals surface area contributed by atoms with E-state index in [0.29, 0.717) is 11.1 Å². The van der Waals surface area contributed by atoms with Crippen LogP contribution in [0.5, 0.6) is 0 Å². The molecule has 3 heteroatoms. The fourth-order valence-corrected chi connectivity index (χ4v) is 2.11. The fraction of sp³-hybridized carbons (Fsp3) is 0.500. The molecule has 0 heterocycles. The van der Waals surface area contributed by atoms with E-state index in [9.17, 15) is 8.78 Å². The summed E-state index contributed by atoms with van der Waals surface area (Å²) in [6, 6.07) is 2.54. The van der Waals surface area contributed by atoms with Crippen LogP contribution >= 0.6 is 15.9 Å². The molecule has 0 amide bonds. The summed E-state index contributed by atoms with van der Waals surface area (Å²) < 4.78 is 26.9. The van der Waals surface area contributed by atoms with Crippen LogP contribution in [0, 0.1) is 24.5 Å². The normalized spacial score (nSPS) is 15.1. The number of aryl methyl sites for hydroxylation is 1. The number of hydrogen-bond donors (Lipinski definition) is 0. The summed E-state index contributed by atoms with van der Waals surface area (Å²) >= 11 is 3.41. The van der Waals surface area contributed by atoms with Crippen molar-refractivity contribution in [1.29, 1.82) is 0 Å². The molecule has 0 aliphatic heterocycles. The molecular formula is C12H15BrF2. The Balaban J connectivity index is 3.09.